The summed E-state index contributed by atoms with van der Waals surface area (Å²) in [5.41, 5.74) is 2.76. The van der Waals surface area contributed by atoms with Crippen molar-refractivity contribution >= 4 is 21.9 Å². The molecule has 0 amide bonds. The fourth-order valence-corrected chi connectivity index (χ4v) is 2.15. The van der Waals surface area contributed by atoms with Crippen molar-refractivity contribution in [3.05, 3.63) is 58.6 Å². The molecule has 0 spiro atoms. The Morgan fingerprint density at radius 3 is 2.32 bits per heavy atom. The van der Waals surface area contributed by atoms with Crippen molar-refractivity contribution in [1.29, 1.82) is 0 Å². The van der Waals surface area contributed by atoms with E-state index < -0.39 is 0 Å². The Bertz CT molecular complexity index is 574. The number of carbonyl (C=O) groups excluding carboxylic acids is 1. The molecule has 0 saturated carbocycles. The van der Waals surface area contributed by atoms with E-state index in [9.17, 15) is 4.79 Å². The molecule has 0 aromatic heterocycles. The monoisotopic (exact) mass is 318 g/mol. The molecule has 0 aliphatic heterocycles. The average Bonchev–Trinajstić information content (AvgIpc) is 2.38. The Morgan fingerprint density at radius 1 is 1.05 bits per heavy atom. The molecule has 0 N–H and O–H groups in total. The molecule has 3 heteroatoms. The van der Waals surface area contributed by atoms with Gasteiger partial charge in [-0.2, -0.15) is 0 Å². The van der Waals surface area contributed by atoms with Gasteiger partial charge in [-0.15, -0.1) is 0 Å². The highest BCUT2D eigenvalue weighted by Crippen LogP contribution is 2.23. The zero-order valence-electron chi connectivity index (χ0n) is 10.9. The summed E-state index contributed by atoms with van der Waals surface area (Å²) < 4.78 is 6.19. The number of ether oxygens (including phenoxy) is 1. The lowest BCUT2D eigenvalue weighted by Crippen LogP contribution is -2.11. The first-order chi connectivity index (χ1) is 9.06. The topological polar surface area (TPSA) is 26.3 Å². The minimum atomic E-state index is -0.282. The van der Waals surface area contributed by atoms with Gasteiger partial charge in [0.05, 0.1) is 11.7 Å². The molecule has 0 aliphatic carbocycles. The second-order valence-corrected chi connectivity index (χ2v) is 5.46. The summed E-state index contributed by atoms with van der Waals surface area (Å²) in [5.74, 6) is -0.282. The van der Waals surface area contributed by atoms with Gasteiger partial charge in [-0.05, 0) is 49.2 Å². The summed E-state index contributed by atoms with van der Waals surface area (Å²) >= 11 is 3.45. The zero-order chi connectivity index (χ0) is 13.8. The minimum absolute atomic E-state index is 0.0998. The average molecular weight is 319 g/mol. The number of carbonyl (C=O) groups is 1. The molecule has 0 saturated heterocycles. The molecule has 2 nitrogen and oxygen atoms in total. The van der Waals surface area contributed by atoms with Crippen molar-refractivity contribution in [3.8, 4) is 11.1 Å². The molecule has 0 atom stereocenters. The van der Waals surface area contributed by atoms with Gasteiger partial charge in [-0.3, -0.25) is 0 Å². The maximum absolute atomic E-state index is 11.7. The summed E-state index contributed by atoms with van der Waals surface area (Å²) in [6.07, 6.45) is -0.0998. The minimum Gasteiger partial charge on any atom is -0.459 e. The van der Waals surface area contributed by atoms with Gasteiger partial charge in [0.25, 0.3) is 0 Å². The Labute approximate surface area is 121 Å². The lowest BCUT2D eigenvalue weighted by molar-refractivity contribution is 0.0378. The summed E-state index contributed by atoms with van der Waals surface area (Å²) in [6, 6.07) is 15.5. The normalized spacial score (nSPS) is 10.5. The summed E-state index contributed by atoms with van der Waals surface area (Å²) in [7, 11) is 0. The molecular weight excluding hydrogens is 304 g/mol. The number of hydrogen-bond donors (Lipinski definition) is 0. The molecule has 98 valence electrons. The van der Waals surface area contributed by atoms with Gasteiger partial charge in [-0.1, -0.05) is 40.2 Å². The first kappa shape index (κ1) is 13.8. The van der Waals surface area contributed by atoms with Crippen LogP contribution in [0, 0.1) is 0 Å². The number of rotatable bonds is 3. The first-order valence-electron chi connectivity index (χ1n) is 6.13. The van der Waals surface area contributed by atoms with Gasteiger partial charge < -0.3 is 4.74 Å². The van der Waals surface area contributed by atoms with Crippen molar-refractivity contribution in [3.63, 3.8) is 0 Å². The number of halogens is 1. The third-order valence-corrected chi connectivity index (χ3v) is 3.11. The van der Waals surface area contributed by atoms with Gasteiger partial charge in [0.1, 0.15) is 0 Å². The van der Waals surface area contributed by atoms with Gasteiger partial charge in [0.15, 0.2) is 0 Å². The van der Waals surface area contributed by atoms with Crippen LogP contribution in [0.25, 0.3) is 11.1 Å². The Hall–Kier alpha value is -1.61. The molecule has 19 heavy (non-hydrogen) atoms. The molecule has 2 aromatic rings. The van der Waals surface area contributed by atoms with Gasteiger partial charge in [-0.25, -0.2) is 4.79 Å². The lowest BCUT2D eigenvalue weighted by atomic mass is 10.0. The van der Waals surface area contributed by atoms with Crippen molar-refractivity contribution in [1.82, 2.24) is 0 Å². The SMILES string of the molecule is CC(C)OC(=O)c1ccc(-c2cccc(Br)c2)cc1. The van der Waals surface area contributed by atoms with E-state index in [0.717, 1.165) is 15.6 Å². The van der Waals surface area contributed by atoms with Crippen molar-refractivity contribution in [2.75, 3.05) is 0 Å². The molecule has 2 rings (SSSR count). The fourth-order valence-electron chi connectivity index (χ4n) is 1.75. The third kappa shape index (κ3) is 3.67. The maximum atomic E-state index is 11.7. The number of hydrogen-bond acceptors (Lipinski definition) is 2. The maximum Gasteiger partial charge on any atom is 0.338 e. The molecule has 0 fully saturated rings. The van der Waals surface area contributed by atoms with E-state index in [1.165, 1.54) is 0 Å². The van der Waals surface area contributed by atoms with Gasteiger partial charge in [0, 0.05) is 4.47 Å². The highest BCUT2D eigenvalue weighted by atomic mass is 79.9. The second-order valence-electron chi connectivity index (χ2n) is 4.54. The predicted molar refractivity (Wildman–Crippen MR) is 80.1 cm³/mol. The second kappa shape index (κ2) is 6.02. The Morgan fingerprint density at radius 2 is 1.74 bits per heavy atom. The molecule has 0 radical (unpaired) electrons. The highest BCUT2D eigenvalue weighted by molar-refractivity contribution is 9.10. The molecular formula is C16H15BrO2. The van der Waals surface area contributed by atoms with Crippen LogP contribution in [-0.2, 0) is 4.74 Å². The number of esters is 1. The van der Waals surface area contributed by atoms with E-state index in [2.05, 4.69) is 15.9 Å². The van der Waals surface area contributed by atoms with Crippen LogP contribution in [0.15, 0.2) is 53.0 Å². The summed E-state index contributed by atoms with van der Waals surface area (Å²) in [6.45, 7) is 3.68. The van der Waals surface area contributed by atoms with E-state index >= 15 is 0 Å². The fraction of sp³-hybridized carbons (Fsp3) is 0.188. The van der Waals surface area contributed by atoms with Crippen LogP contribution in [0.5, 0.6) is 0 Å². The predicted octanol–water partition coefficient (Wildman–Crippen LogP) is 4.68. The van der Waals surface area contributed by atoms with Crippen molar-refractivity contribution < 1.29 is 9.53 Å². The summed E-state index contributed by atoms with van der Waals surface area (Å²) in [4.78, 5) is 11.7. The van der Waals surface area contributed by atoms with E-state index in [0.29, 0.717) is 5.56 Å². The van der Waals surface area contributed by atoms with Crippen LogP contribution in [0.2, 0.25) is 0 Å². The zero-order valence-corrected chi connectivity index (χ0v) is 12.5. The van der Waals surface area contributed by atoms with Crippen LogP contribution in [0.1, 0.15) is 24.2 Å². The molecule has 0 unspecified atom stereocenters. The van der Waals surface area contributed by atoms with Crippen LogP contribution in [-0.4, -0.2) is 12.1 Å². The largest absolute Gasteiger partial charge is 0.459 e. The van der Waals surface area contributed by atoms with Crippen LogP contribution in [0.4, 0.5) is 0 Å². The molecule has 2 aromatic carbocycles. The lowest BCUT2D eigenvalue weighted by Gasteiger charge is -2.08. The molecule has 0 bridgehead atoms. The van der Waals surface area contributed by atoms with Gasteiger partial charge >= 0.3 is 5.97 Å². The first-order valence-corrected chi connectivity index (χ1v) is 6.92. The summed E-state index contributed by atoms with van der Waals surface area (Å²) in [5, 5.41) is 0. The van der Waals surface area contributed by atoms with Crippen molar-refractivity contribution in [2.45, 2.75) is 20.0 Å². The number of benzene rings is 2. The van der Waals surface area contributed by atoms with Gasteiger partial charge in [0.2, 0.25) is 0 Å². The van der Waals surface area contributed by atoms with Crippen LogP contribution >= 0.6 is 15.9 Å². The smallest absolute Gasteiger partial charge is 0.338 e. The van der Waals surface area contributed by atoms with E-state index in [4.69, 9.17) is 4.74 Å². The molecule has 0 heterocycles. The van der Waals surface area contributed by atoms with Crippen LogP contribution < -0.4 is 0 Å². The molecule has 0 aliphatic rings. The van der Waals surface area contributed by atoms with E-state index in [1.54, 1.807) is 12.1 Å². The highest BCUT2D eigenvalue weighted by Gasteiger charge is 2.09. The Balaban J connectivity index is 2.21. The van der Waals surface area contributed by atoms with Crippen molar-refractivity contribution in [2.24, 2.45) is 0 Å². The van der Waals surface area contributed by atoms with E-state index in [-0.39, 0.29) is 12.1 Å². The third-order valence-electron chi connectivity index (χ3n) is 2.62. The van der Waals surface area contributed by atoms with Crippen LogP contribution in [0.3, 0.4) is 0 Å². The quantitative estimate of drug-likeness (QED) is 0.768. The Kier molecular flexibility index (Phi) is 4.38. The van der Waals surface area contributed by atoms with E-state index in [1.807, 2.05) is 50.2 Å². The standard InChI is InChI=1S/C16H15BrO2/c1-11(2)19-16(18)13-8-6-12(7-9-13)14-4-3-5-15(17)10-14/h3-11H,1-2H3.